The van der Waals surface area contributed by atoms with Crippen molar-refractivity contribution < 1.29 is 32.6 Å². The van der Waals surface area contributed by atoms with E-state index in [-0.39, 0.29) is 28.6 Å². The van der Waals surface area contributed by atoms with Gasteiger partial charge in [0, 0.05) is 16.4 Å². The van der Waals surface area contributed by atoms with E-state index in [9.17, 15) is 22.8 Å². The molecule has 31 heavy (non-hydrogen) atoms. The van der Waals surface area contributed by atoms with Crippen LogP contribution in [0.3, 0.4) is 0 Å². The lowest BCUT2D eigenvalue weighted by molar-refractivity contribution is -0.155. The monoisotopic (exact) mass is 518 g/mol. The summed E-state index contributed by atoms with van der Waals surface area (Å²) >= 11 is 9.18. The summed E-state index contributed by atoms with van der Waals surface area (Å²) in [5, 5.41) is 11.2. The van der Waals surface area contributed by atoms with Crippen molar-refractivity contribution in [2.45, 2.75) is 25.7 Å². The number of carbonyl (C=O) groups excluding carboxylic acids is 1. The Bertz CT molecular complexity index is 1160. The van der Waals surface area contributed by atoms with Crippen LogP contribution in [-0.4, -0.2) is 27.9 Å². The fraction of sp³-hybridized carbons (Fsp3) is 0.200. The van der Waals surface area contributed by atoms with Gasteiger partial charge in [-0.1, -0.05) is 39.7 Å². The lowest BCUT2D eigenvalue weighted by Gasteiger charge is -2.22. The first-order valence-corrected chi connectivity index (χ1v) is 10.0. The fourth-order valence-corrected chi connectivity index (χ4v) is 3.82. The molecule has 11 heteroatoms. The van der Waals surface area contributed by atoms with Crippen LogP contribution in [0.5, 0.6) is 5.75 Å². The van der Waals surface area contributed by atoms with Gasteiger partial charge in [-0.2, -0.15) is 13.2 Å². The Kier molecular flexibility index (Phi) is 6.51. The highest BCUT2D eigenvalue weighted by atomic mass is 79.9. The van der Waals surface area contributed by atoms with Crippen LogP contribution in [0, 0.1) is 0 Å². The number of aryl methyl sites for hydroxylation is 1. The van der Waals surface area contributed by atoms with E-state index >= 15 is 0 Å². The molecule has 3 rings (SSSR count). The molecular formula is C20H15BrClF3N2O4. The Morgan fingerprint density at radius 3 is 2.55 bits per heavy atom. The zero-order valence-electron chi connectivity index (χ0n) is 15.8. The van der Waals surface area contributed by atoms with Crippen LogP contribution in [0.1, 0.15) is 29.0 Å². The number of rotatable bonds is 5. The number of fused-ring (bicyclic) bond motifs is 1. The van der Waals surface area contributed by atoms with Crippen molar-refractivity contribution in [3.05, 3.63) is 63.2 Å². The molecule has 1 unspecified atom stereocenters. The predicted octanol–water partition coefficient (Wildman–Crippen LogP) is 6.17. The van der Waals surface area contributed by atoms with Crippen LogP contribution in [0.25, 0.3) is 10.9 Å². The lowest BCUT2D eigenvalue weighted by Crippen LogP contribution is -2.38. The molecule has 0 aliphatic heterocycles. The number of aromatic nitrogens is 1. The molecule has 0 bridgehead atoms. The van der Waals surface area contributed by atoms with Gasteiger partial charge in [-0.05, 0) is 42.8 Å². The first-order chi connectivity index (χ1) is 14.5. The number of hydrogen-bond acceptors (Lipinski definition) is 3. The van der Waals surface area contributed by atoms with E-state index in [1.807, 2.05) is 5.32 Å². The van der Waals surface area contributed by atoms with E-state index in [4.69, 9.17) is 16.7 Å². The van der Waals surface area contributed by atoms with E-state index in [0.717, 1.165) is 0 Å². The molecule has 1 heterocycles. The maximum absolute atomic E-state index is 13.7. The molecule has 0 saturated carbocycles. The second kappa shape index (κ2) is 8.80. The van der Waals surface area contributed by atoms with Crippen LogP contribution < -0.4 is 10.1 Å². The number of benzene rings is 2. The summed E-state index contributed by atoms with van der Waals surface area (Å²) in [5.41, 5.74) is 0.279. The smallest absolute Gasteiger partial charge is 0.449 e. The predicted molar refractivity (Wildman–Crippen MR) is 112 cm³/mol. The number of carboxylic acid groups (broad SMARTS) is 1. The number of alkyl halides is 3. The summed E-state index contributed by atoms with van der Waals surface area (Å²) in [7, 11) is 0. The molecule has 1 atom stereocenters. The Hall–Kier alpha value is -2.72. The highest BCUT2D eigenvalue weighted by Crippen LogP contribution is 2.35. The van der Waals surface area contributed by atoms with E-state index in [1.54, 1.807) is 13.0 Å². The third kappa shape index (κ3) is 4.96. The van der Waals surface area contributed by atoms with Crippen LogP contribution in [0.4, 0.5) is 18.0 Å². The zero-order valence-corrected chi connectivity index (χ0v) is 18.2. The van der Waals surface area contributed by atoms with Crippen molar-refractivity contribution in [3.8, 4) is 5.75 Å². The molecule has 0 spiro atoms. The van der Waals surface area contributed by atoms with E-state index in [1.165, 1.54) is 41.0 Å². The van der Waals surface area contributed by atoms with Crippen molar-refractivity contribution in [2.75, 3.05) is 0 Å². The molecule has 0 saturated heterocycles. The lowest BCUT2D eigenvalue weighted by atomic mass is 10.1. The van der Waals surface area contributed by atoms with Gasteiger partial charge in [0.1, 0.15) is 5.69 Å². The molecular weight excluding hydrogens is 505 g/mol. The van der Waals surface area contributed by atoms with Crippen molar-refractivity contribution in [3.63, 3.8) is 0 Å². The van der Waals surface area contributed by atoms with Gasteiger partial charge in [-0.25, -0.2) is 4.79 Å². The molecule has 1 aromatic heterocycles. The summed E-state index contributed by atoms with van der Waals surface area (Å²) in [6.45, 7) is 1.97. The van der Waals surface area contributed by atoms with Crippen molar-refractivity contribution in [1.82, 2.24) is 9.88 Å². The molecule has 0 aliphatic rings. The minimum atomic E-state index is -4.73. The Balaban J connectivity index is 2.03. The van der Waals surface area contributed by atoms with Gasteiger partial charge in [0.2, 0.25) is 0 Å². The van der Waals surface area contributed by atoms with E-state index in [2.05, 4.69) is 20.7 Å². The van der Waals surface area contributed by atoms with Gasteiger partial charge in [-0.15, -0.1) is 0 Å². The van der Waals surface area contributed by atoms with Crippen molar-refractivity contribution in [2.24, 2.45) is 0 Å². The first kappa shape index (κ1) is 23.0. The number of halogens is 5. The molecule has 164 valence electrons. The average Bonchev–Trinajstić information content (AvgIpc) is 3.02. The van der Waals surface area contributed by atoms with Gasteiger partial charge in [0.05, 0.1) is 10.5 Å². The molecule has 0 fully saturated rings. The number of carbonyl (C=O) groups is 2. The van der Waals surface area contributed by atoms with Gasteiger partial charge < -0.3 is 19.7 Å². The standard InChI is InChI=1S/C20H15BrClF3N2O4/c1-2-27-14-9-13(22)16(31-19(29)30)8-11(14)7-15(27)18(28)26-17(20(23,24)25)10-4-3-5-12(21)6-10/h3-9,17H,2H2,1H3,(H,26,28)(H,29,30). The maximum Gasteiger partial charge on any atom is 0.511 e. The van der Waals surface area contributed by atoms with Crippen LogP contribution in [-0.2, 0) is 6.54 Å². The van der Waals surface area contributed by atoms with Gasteiger partial charge in [-0.3, -0.25) is 4.79 Å². The summed E-state index contributed by atoms with van der Waals surface area (Å²) < 4.78 is 47.6. The Morgan fingerprint density at radius 2 is 1.97 bits per heavy atom. The quantitative estimate of drug-likeness (QED) is 0.312. The van der Waals surface area contributed by atoms with Crippen molar-refractivity contribution >= 4 is 50.5 Å². The SMILES string of the molecule is CCn1c(C(=O)NC(c2cccc(Br)c2)C(F)(F)F)cc2cc(OC(=O)O)c(Cl)cc21. The molecule has 2 aromatic carbocycles. The number of hydrogen-bond donors (Lipinski definition) is 2. The van der Waals surface area contributed by atoms with Gasteiger partial charge in [0.15, 0.2) is 11.8 Å². The maximum atomic E-state index is 13.7. The largest absolute Gasteiger partial charge is 0.511 e. The van der Waals surface area contributed by atoms with Crippen LogP contribution in [0.2, 0.25) is 5.02 Å². The molecule has 0 radical (unpaired) electrons. The minimum Gasteiger partial charge on any atom is -0.449 e. The second-order valence-corrected chi connectivity index (χ2v) is 7.81. The number of amides is 1. The Labute approximate surface area is 187 Å². The summed E-state index contributed by atoms with van der Waals surface area (Å²) in [5.74, 6) is -1.10. The van der Waals surface area contributed by atoms with Gasteiger partial charge >= 0.3 is 12.3 Å². The number of ether oxygens (including phenoxy) is 1. The molecule has 2 N–H and O–H groups in total. The summed E-state index contributed by atoms with van der Waals surface area (Å²) in [6.07, 6.45) is -6.30. The van der Waals surface area contributed by atoms with Gasteiger partial charge in [0.25, 0.3) is 5.91 Å². The zero-order chi connectivity index (χ0) is 22.9. The highest BCUT2D eigenvalue weighted by molar-refractivity contribution is 9.10. The van der Waals surface area contributed by atoms with Crippen LogP contribution in [0.15, 0.2) is 46.9 Å². The number of nitrogens with one attached hydrogen (secondary N) is 1. The van der Waals surface area contributed by atoms with Crippen molar-refractivity contribution in [1.29, 1.82) is 0 Å². The summed E-state index contributed by atoms with van der Waals surface area (Å²) in [6, 6.07) is 7.41. The van der Waals surface area contributed by atoms with E-state index < -0.39 is 24.3 Å². The molecule has 0 aliphatic carbocycles. The number of nitrogens with zero attached hydrogens (tertiary/aromatic N) is 1. The van der Waals surface area contributed by atoms with Crippen LogP contribution >= 0.6 is 27.5 Å². The first-order valence-electron chi connectivity index (χ1n) is 8.88. The third-order valence-corrected chi connectivity index (χ3v) is 5.27. The molecule has 1 amide bonds. The summed E-state index contributed by atoms with van der Waals surface area (Å²) in [4.78, 5) is 23.7. The minimum absolute atomic E-state index is 0.0167. The second-order valence-electron chi connectivity index (χ2n) is 6.49. The molecule has 3 aromatic rings. The fourth-order valence-electron chi connectivity index (χ4n) is 3.21. The third-order valence-electron chi connectivity index (χ3n) is 4.49. The highest BCUT2D eigenvalue weighted by Gasteiger charge is 2.42. The normalized spacial score (nSPS) is 12.6. The Morgan fingerprint density at radius 1 is 1.26 bits per heavy atom. The molecule has 6 nitrogen and oxygen atoms in total. The topological polar surface area (TPSA) is 80.6 Å². The average molecular weight is 520 g/mol. The van der Waals surface area contributed by atoms with E-state index in [0.29, 0.717) is 15.4 Å².